The molecule has 0 saturated carbocycles. The van der Waals surface area contributed by atoms with Gasteiger partial charge in [0.05, 0.1) is 11.0 Å². The number of fused-ring (bicyclic) bond motifs is 1. The van der Waals surface area contributed by atoms with Crippen molar-refractivity contribution in [2.24, 2.45) is 0 Å². The predicted octanol–water partition coefficient (Wildman–Crippen LogP) is 5.90. The van der Waals surface area contributed by atoms with E-state index in [9.17, 15) is 9.59 Å². The number of hydrogen-bond donors (Lipinski definition) is 1. The lowest BCUT2D eigenvalue weighted by molar-refractivity contribution is -0.124. The highest BCUT2D eigenvalue weighted by Gasteiger charge is 2.46. The molecule has 0 atom stereocenters. The van der Waals surface area contributed by atoms with E-state index in [1.165, 1.54) is 0 Å². The number of amides is 2. The van der Waals surface area contributed by atoms with Crippen LogP contribution in [-0.2, 0) is 20.5 Å². The fraction of sp³-hybridized carbons (Fsp3) is 0.407. The Labute approximate surface area is 203 Å². The van der Waals surface area contributed by atoms with E-state index in [1.54, 1.807) is 15.9 Å². The molecule has 0 radical (unpaired) electrons. The summed E-state index contributed by atoms with van der Waals surface area (Å²) in [5, 5.41) is 4.35. The molecule has 2 aliphatic rings. The van der Waals surface area contributed by atoms with Crippen molar-refractivity contribution in [3.8, 4) is 0 Å². The van der Waals surface area contributed by atoms with Gasteiger partial charge in [-0.05, 0) is 62.6 Å². The number of allylic oxidation sites excluding steroid dienone is 1. The van der Waals surface area contributed by atoms with E-state index in [-0.39, 0.29) is 5.91 Å². The van der Waals surface area contributed by atoms with Gasteiger partial charge in [0.25, 0.3) is 0 Å². The fourth-order valence-electron chi connectivity index (χ4n) is 4.50. The van der Waals surface area contributed by atoms with Gasteiger partial charge >= 0.3 is 0 Å². The minimum atomic E-state index is -0.519. The van der Waals surface area contributed by atoms with Gasteiger partial charge in [0.15, 0.2) is 0 Å². The van der Waals surface area contributed by atoms with Crippen LogP contribution in [0.2, 0.25) is 5.02 Å². The van der Waals surface area contributed by atoms with E-state index in [0.29, 0.717) is 18.1 Å². The number of likely N-dealkylation sites (tertiary alicyclic amines) is 1. The van der Waals surface area contributed by atoms with Crippen molar-refractivity contribution in [2.75, 3.05) is 30.4 Å². The Bertz CT molecular complexity index is 1030. The molecule has 33 heavy (non-hydrogen) atoms. The van der Waals surface area contributed by atoms with Gasteiger partial charge in [0.1, 0.15) is 0 Å². The molecule has 2 aromatic carbocycles. The summed E-state index contributed by atoms with van der Waals surface area (Å²) in [5.74, 6) is 0.0934. The van der Waals surface area contributed by atoms with Crippen LogP contribution in [0.25, 0.3) is 0 Å². The van der Waals surface area contributed by atoms with E-state index < -0.39 is 11.0 Å². The molecule has 1 saturated heterocycles. The molecule has 2 amide bonds. The number of nitrogens with zero attached hydrogens (tertiary/aromatic N) is 2. The summed E-state index contributed by atoms with van der Waals surface area (Å²) in [6, 6.07) is 11.9. The first-order chi connectivity index (χ1) is 15.6. The van der Waals surface area contributed by atoms with Crippen molar-refractivity contribution >= 4 is 35.3 Å². The molecular weight excluding hydrogens is 434 g/mol. The molecule has 6 heteroatoms. The third-order valence-corrected chi connectivity index (χ3v) is 6.54. The molecule has 1 fully saturated rings. The number of carbonyl (C=O) groups excluding carboxylic acids is 2. The summed E-state index contributed by atoms with van der Waals surface area (Å²) in [4.78, 5) is 27.3. The maximum Gasteiger partial charge on any atom is 0.236 e. The zero-order chi connectivity index (χ0) is 25.0. The maximum absolute atomic E-state index is 12.6. The lowest BCUT2D eigenvalue weighted by Gasteiger charge is -2.50. The second kappa shape index (κ2) is 10.4. The molecule has 2 heterocycles. The number of halogens is 1. The number of benzene rings is 2. The SMILES string of the molecule is C=CC.CC.Cc1c(Cl)cccc1C1(Nc2ccc3c(c2)N(C)C(=O)C3(C)C)CN(C=O)C1. The van der Waals surface area contributed by atoms with Crippen LogP contribution in [0.1, 0.15) is 51.3 Å². The molecular formula is C27H36ClN3O2. The van der Waals surface area contributed by atoms with Crippen molar-refractivity contribution in [1.82, 2.24) is 4.90 Å². The second-order valence-corrected chi connectivity index (χ2v) is 9.17. The predicted molar refractivity (Wildman–Crippen MR) is 139 cm³/mol. The Hall–Kier alpha value is -2.79. The molecule has 0 spiro atoms. The van der Waals surface area contributed by atoms with Gasteiger partial charge < -0.3 is 15.1 Å². The van der Waals surface area contributed by atoms with E-state index in [4.69, 9.17) is 11.6 Å². The zero-order valence-electron chi connectivity index (χ0n) is 20.8. The third kappa shape index (κ3) is 4.79. The van der Waals surface area contributed by atoms with Crippen molar-refractivity contribution < 1.29 is 9.59 Å². The summed E-state index contributed by atoms with van der Waals surface area (Å²) < 4.78 is 0. The first-order valence-corrected chi connectivity index (χ1v) is 11.7. The minimum absolute atomic E-state index is 0.0934. The first kappa shape index (κ1) is 26.5. The van der Waals surface area contributed by atoms with Gasteiger partial charge in [-0.15, -0.1) is 6.58 Å². The largest absolute Gasteiger partial charge is 0.372 e. The number of nitrogens with one attached hydrogen (secondary N) is 1. The highest BCUT2D eigenvalue weighted by molar-refractivity contribution is 6.31. The van der Waals surface area contributed by atoms with E-state index in [0.717, 1.165) is 34.5 Å². The van der Waals surface area contributed by atoms with Crippen LogP contribution >= 0.6 is 11.6 Å². The van der Waals surface area contributed by atoms with Gasteiger partial charge in [0.2, 0.25) is 12.3 Å². The molecule has 178 valence electrons. The van der Waals surface area contributed by atoms with Crippen molar-refractivity contribution in [2.45, 2.75) is 52.5 Å². The zero-order valence-corrected chi connectivity index (χ0v) is 21.6. The van der Waals surface area contributed by atoms with Crippen LogP contribution in [-0.4, -0.2) is 37.4 Å². The average Bonchev–Trinajstić information content (AvgIpc) is 2.94. The van der Waals surface area contributed by atoms with Crippen LogP contribution < -0.4 is 10.2 Å². The topological polar surface area (TPSA) is 52.7 Å². The number of anilines is 2. The van der Waals surface area contributed by atoms with Gasteiger partial charge in [-0.25, -0.2) is 0 Å². The molecule has 2 aliphatic heterocycles. The molecule has 2 aromatic rings. The summed E-state index contributed by atoms with van der Waals surface area (Å²) >= 11 is 6.36. The third-order valence-electron chi connectivity index (χ3n) is 6.13. The van der Waals surface area contributed by atoms with Crippen LogP contribution in [0.4, 0.5) is 11.4 Å². The number of hydrogen-bond acceptors (Lipinski definition) is 3. The van der Waals surface area contributed by atoms with Crippen molar-refractivity contribution in [3.63, 3.8) is 0 Å². The van der Waals surface area contributed by atoms with Crippen LogP contribution in [0, 0.1) is 6.92 Å². The lowest BCUT2D eigenvalue weighted by Crippen LogP contribution is -2.63. The monoisotopic (exact) mass is 469 g/mol. The van der Waals surface area contributed by atoms with Crippen LogP contribution in [0.5, 0.6) is 0 Å². The van der Waals surface area contributed by atoms with Gasteiger partial charge in [-0.3, -0.25) is 9.59 Å². The Balaban J connectivity index is 0.000000714. The molecule has 4 rings (SSSR count). The van der Waals surface area contributed by atoms with Crippen LogP contribution in [0.3, 0.4) is 0 Å². The van der Waals surface area contributed by atoms with Crippen molar-refractivity contribution in [1.29, 1.82) is 0 Å². The molecule has 0 bridgehead atoms. The van der Waals surface area contributed by atoms with Gasteiger partial charge in [-0.1, -0.05) is 49.7 Å². The summed E-state index contributed by atoms with van der Waals surface area (Å²) in [7, 11) is 1.81. The van der Waals surface area contributed by atoms with Crippen LogP contribution in [0.15, 0.2) is 49.1 Å². The highest BCUT2D eigenvalue weighted by Crippen LogP contribution is 2.44. The summed E-state index contributed by atoms with van der Waals surface area (Å²) in [6.07, 6.45) is 2.62. The quantitative estimate of drug-likeness (QED) is 0.448. The van der Waals surface area contributed by atoms with E-state index >= 15 is 0 Å². The standard InChI is InChI=1S/C22H24ClN3O2.C3H6.C2H6/c1-14-16(6-5-7-18(14)23)22(11-26(12-22)13-27)24-15-8-9-17-19(10-15)25(4)20(28)21(17,2)3;1-3-2;1-2/h5-10,13,24H,11-12H2,1-4H3;3H,1H2,2H3;1-2H3. The normalized spacial score (nSPS) is 16.9. The number of carbonyl (C=O) groups is 2. The molecule has 1 N–H and O–H groups in total. The lowest BCUT2D eigenvalue weighted by atomic mass is 9.80. The smallest absolute Gasteiger partial charge is 0.236 e. The minimum Gasteiger partial charge on any atom is -0.372 e. The average molecular weight is 470 g/mol. The molecule has 0 unspecified atom stereocenters. The van der Waals surface area contributed by atoms with Gasteiger partial charge in [-0.2, -0.15) is 0 Å². The molecule has 5 nitrogen and oxygen atoms in total. The maximum atomic E-state index is 12.6. The first-order valence-electron chi connectivity index (χ1n) is 11.3. The van der Waals surface area contributed by atoms with E-state index in [2.05, 4.69) is 18.0 Å². The van der Waals surface area contributed by atoms with Gasteiger partial charge in [0, 0.05) is 36.5 Å². The Kier molecular flexibility index (Phi) is 8.36. The molecule has 0 aromatic heterocycles. The molecule has 0 aliphatic carbocycles. The fourth-order valence-corrected chi connectivity index (χ4v) is 4.67. The highest BCUT2D eigenvalue weighted by atomic mass is 35.5. The number of likely N-dealkylation sites (N-methyl/N-ethyl adjacent to an activating group) is 1. The van der Waals surface area contributed by atoms with E-state index in [1.807, 2.05) is 78.9 Å². The summed E-state index contributed by atoms with van der Waals surface area (Å²) in [6.45, 7) is 16.3. The Morgan fingerprint density at radius 1 is 1.12 bits per heavy atom. The second-order valence-electron chi connectivity index (χ2n) is 8.76. The summed E-state index contributed by atoms with van der Waals surface area (Å²) in [5.41, 5.74) is 4.04. The number of rotatable bonds is 4. The van der Waals surface area contributed by atoms with Crippen molar-refractivity contribution in [3.05, 3.63) is 70.8 Å². The Morgan fingerprint density at radius 3 is 2.30 bits per heavy atom. The Morgan fingerprint density at radius 2 is 1.73 bits per heavy atom.